The summed E-state index contributed by atoms with van der Waals surface area (Å²) in [7, 11) is 1.68. The normalized spacial score (nSPS) is 9.80. The number of ether oxygens (including phenoxy) is 5. The van der Waals surface area contributed by atoms with Crippen LogP contribution in [0, 0.1) is 0 Å². The van der Waals surface area contributed by atoms with Crippen molar-refractivity contribution < 1.29 is 38.1 Å². The molecular formula is C38H42O8. The third-order valence-electron chi connectivity index (χ3n) is 6.13. The van der Waals surface area contributed by atoms with Crippen molar-refractivity contribution in [2.45, 2.75) is 26.7 Å². The molecule has 0 atom stereocenters. The molecule has 0 fully saturated rings. The van der Waals surface area contributed by atoms with Gasteiger partial charge in [0.1, 0.15) is 23.5 Å². The summed E-state index contributed by atoms with van der Waals surface area (Å²) >= 11 is 0. The molecule has 8 heteroatoms. The van der Waals surface area contributed by atoms with E-state index in [-0.39, 0.29) is 6.61 Å². The van der Waals surface area contributed by atoms with E-state index in [2.05, 4.69) is 31.4 Å². The van der Waals surface area contributed by atoms with Crippen molar-refractivity contribution in [1.29, 1.82) is 0 Å². The van der Waals surface area contributed by atoms with Crippen LogP contribution in [0.3, 0.4) is 0 Å². The minimum atomic E-state index is -0.454. The minimum absolute atomic E-state index is 0.256. The summed E-state index contributed by atoms with van der Waals surface area (Å²) in [6.07, 6.45) is 4.35. The van der Waals surface area contributed by atoms with Crippen molar-refractivity contribution in [1.82, 2.24) is 0 Å². The molecule has 4 aromatic rings. The number of carbonyl (C=O) groups is 3. The van der Waals surface area contributed by atoms with Gasteiger partial charge in [0.2, 0.25) is 0 Å². The van der Waals surface area contributed by atoms with E-state index in [1.807, 2.05) is 44.2 Å². The summed E-state index contributed by atoms with van der Waals surface area (Å²) < 4.78 is 26.9. The monoisotopic (exact) mass is 626 g/mol. The van der Waals surface area contributed by atoms with Gasteiger partial charge in [-0.25, -0.2) is 9.59 Å². The van der Waals surface area contributed by atoms with E-state index >= 15 is 0 Å². The van der Waals surface area contributed by atoms with Crippen molar-refractivity contribution in [2.75, 3.05) is 33.5 Å². The summed E-state index contributed by atoms with van der Waals surface area (Å²) in [4.78, 5) is 32.7. The molecule has 0 aromatic heterocycles. The van der Waals surface area contributed by atoms with Gasteiger partial charge in [0.25, 0.3) is 0 Å². The van der Waals surface area contributed by atoms with Crippen LogP contribution in [-0.4, -0.2) is 51.8 Å². The number of hydrogen-bond donors (Lipinski definition) is 0. The molecule has 0 aliphatic carbocycles. The number of fused-ring (bicyclic) bond motifs is 1. The van der Waals surface area contributed by atoms with Crippen molar-refractivity contribution >= 4 is 29.0 Å². The van der Waals surface area contributed by atoms with E-state index in [0.717, 1.165) is 40.1 Å². The maximum absolute atomic E-state index is 12.7. The molecule has 0 heterocycles. The number of allylic oxidation sites excluding steroid dienone is 1. The molecule has 0 unspecified atom stereocenters. The van der Waals surface area contributed by atoms with E-state index in [0.29, 0.717) is 49.6 Å². The quantitative estimate of drug-likeness (QED) is 0.0430. The topological polar surface area (TPSA) is 97.4 Å². The molecule has 0 spiro atoms. The van der Waals surface area contributed by atoms with Gasteiger partial charge in [-0.3, -0.25) is 4.79 Å². The first-order chi connectivity index (χ1) is 22.5. The van der Waals surface area contributed by atoms with Crippen LogP contribution in [-0.2, 0) is 19.1 Å². The maximum Gasteiger partial charge on any atom is 0.343 e. The van der Waals surface area contributed by atoms with Crippen LogP contribution >= 0.6 is 0 Å². The fourth-order valence-corrected chi connectivity index (χ4v) is 3.94. The van der Waals surface area contributed by atoms with Gasteiger partial charge in [0, 0.05) is 32.6 Å². The Balaban J connectivity index is 0.00000114. The van der Waals surface area contributed by atoms with E-state index in [9.17, 15) is 9.59 Å². The largest absolute Gasteiger partial charge is 0.493 e. The summed E-state index contributed by atoms with van der Waals surface area (Å²) in [5.74, 6) is 0.980. The molecule has 0 saturated carbocycles. The number of esters is 2. The van der Waals surface area contributed by atoms with E-state index in [4.69, 9.17) is 28.5 Å². The second kappa shape index (κ2) is 21.5. The number of hydrogen-bond acceptors (Lipinski definition) is 8. The van der Waals surface area contributed by atoms with Crippen LogP contribution in [0.5, 0.6) is 17.2 Å². The molecule has 4 rings (SSSR count). The molecular weight excluding hydrogens is 584 g/mol. The molecule has 0 aliphatic rings. The highest BCUT2D eigenvalue weighted by Gasteiger charge is 2.10. The standard InChI is InChI=1S/C33H32O7.C3H4O.C2H6/c1-3-32(34)39-21-5-20-37-29-14-16-30(17-15-29)40-33(35)25-8-6-24(7-9-25)26-10-11-28-23-31(13-12-27(28)22-26)38-19-4-18-36-2;1-2-3-4;1-2/h3,6-17,22-23H,1,4-5,18-21H2,2H3;2-3H,1H2;1-2H3. The molecule has 0 amide bonds. The number of methoxy groups -OCH3 is 1. The van der Waals surface area contributed by atoms with Crippen LogP contribution in [0.25, 0.3) is 21.9 Å². The van der Waals surface area contributed by atoms with Crippen molar-refractivity contribution in [3.8, 4) is 28.4 Å². The SMILES string of the molecule is C=CC(=O)OCCCOc1ccc(OC(=O)c2ccc(-c3ccc4cc(OCCCOC)ccc4c3)cc2)cc1.C=CC=O.CC. The van der Waals surface area contributed by atoms with E-state index in [1.54, 1.807) is 43.5 Å². The Labute approximate surface area is 271 Å². The molecule has 0 bridgehead atoms. The first-order valence-electron chi connectivity index (χ1n) is 15.0. The predicted molar refractivity (Wildman–Crippen MR) is 182 cm³/mol. The van der Waals surface area contributed by atoms with Gasteiger partial charge in [-0.2, -0.15) is 0 Å². The molecule has 0 radical (unpaired) electrons. The Bertz CT molecular complexity index is 1520. The van der Waals surface area contributed by atoms with Gasteiger partial charge in [-0.15, -0.1) is 0 Å². The smallest absolute Gasteiger partial charge is 0.343 e. The summed E-state index contributed by atoms with van der Waals surface area (Å²) in [5.41, 5.74) is 2.50. The molecule has 0 saturated heterocycles. The number of carbonyl (C=O) groups excluding carboxylic acids is 3. The lowest BCUT2D eigenvalue weighted by atomic mass is 10.00. The zero-order chi connectivity index (χ0) is 33.6. The van der Waals surface area contributed by atoms with Gasteiger partial charge in [-0.05, 0) is 82.6 Å². The summed E-state index contributed by atoms with van der Waals surface area (Å²) in [5, 5.41) is 2.20. The highest BCUT2D eigenvalue weighted by atomic mass is 16.5. The molecule has 0 aliphatic heterocycles. The van der Waals surface area contributed by atoms with Crippen LogP contribution in [0.4, 0.5) is 0 Å². The summed E-state index contributed by atoms with van der Waals surface area (Å²) in [6.45, 7) is 12.4. The Morgan fingerprint density at radius 1 is 0.674 bits per heavy atom. The van der Waals surface area contributed by atoms with E-state index < -0.39 is 11.9 Å². The van der Waals surface area contributed by atoms with Crippen molar-refractivity contribution in [3.63, 3.8) is 0 Å². The molecule has 46 heavy (non-hydrogen) atoms. The van der Waals surface area contributed by atoms with Crippen LogP contribution in [0.1, 0.15) is 37.0 Å². The molecule has 0 N–H and O–H groups in total. The Morgan fingerprint density at radius 3 is 1.85 bits per heavy atom. The maximum atomic E-state index is 12.7. The third kappa shape index (κ3) is 12.8. The zero-order valence-electron chi connectivity index (χ0n) is 26.7. The van der Waals surface area contributed by atoms with Crippen molar-refractivity contribution in [3.05, 3.63) is 116 Å². The van der Waals surface area contributed by atoms with Crippen LogP contribution < -0.4 is 14.2 Å². The lowest BCUT2D eigenvalue weighted by molar-refractivity contribution is -0.137. The fraction of sp³-hybridized carbons (Fsp3) is 0.237. The van der Waals surface area contributed by atoms with Gasteiger partial charge in [-0.1, -0.05) is 57.3 Å². The zero-order valence-corrected chi connectivity index (χ0v) is 26.7. The molecule has 8 nitrogen and oxygen atoms in total. The highest BCUT2D eigenvalue weighted by molar-refractivity contribution is 5.92. The Kier molecular flexibility index (Phi) is 17.3. The average molecular weight is 627 g/mol. The Hall–Kier alpha value is -5.21. The van der Waals surface area contributed by atoms with Gasteiger partial charge in [0.15, 0.2) is 0 Å². The van der Waals surface area contributed by atoms with Gasteiger partial charge in [0.05, 0.1) is 25.4 Å². The minimum Gasteiger partial charge on any atom is -0.493 e. The lowest BCUT2D eigenvalue weighted by Gasteiger charge is -2.09. The first-order valence-corrected chi connectivity index (χ1v) is 15.0. The first kappa shape index (κ1) is 37.0. The van der Waals surface area contributed by atoms with Crippen molar-refractivity contribution in [2.24, 2.45) is 0 Å². The number of rotatable bonds is 15. The fourth-order valence-electron chi connectivity index (χ4n) is 3.94. The average Bonchev–Trinajstić information content (AvgIpc) is 3.11. The molecule has 242 valence electrons. The Morgan fingerprint density at radius 2 is 1.22 bits per heavy atom. The summed E-state index contributed by atoms with van der Waals surface area (Å²) in [6, 6.07) is 26.4. The number of aldehydes is 1. The second-order valence-corrected chi connectivity index (χ2v) is 9.30. The predicted octanol–water partition coefficient (Wildman–Crippen LogP) is 8.04. The van der Waals surface area contributed by atoms with Crippen LogP contribution in [0.2, 0.25) is 0 Å². The van der Waals surface area contributed by atoms with Crippen LogP contribution in [0.15, 0.2) is 110 Å². The third-order valence-corrected chi connectivity index (χ3v) is 6.13. The number of benzene rings is 4. The second-order valence-electron chi connectivity index (χ2n) is 9.30. The van der Waals surface area contributed by atoms with Gasteiger partial charge < -0.3 is 23.7 Å². The highest BCUT2D eigenvalue weighted by Crippen LogP contribution is 2.28. The molecule has 4 aromatic carbocycles. The van der Waals surface area contributed by atoms with E-state index in [1.165, 1.54) is 6.08 Å². The van der Waals surface area contributed by atoms with Gasteiger partial charge >= 0.3 is 11.9 Å². The lowest BCUT2D eigenvalue weighted by Crippen LogP contribution is -2.08.